The van der Waals surface area contributed by atoms with Crippen LogP contribution in [0.5, 0.6) is 0 Å². The highest BCUT2D eigenvalue weighted by molar-refractivity contribution is 7.89. The van der Waals surface area contributed by atoms with E-state index in [1.807, 2.05) is 6.92 Å². The van der Waals surface area contributed by atoms with Crippen LogP contribution in [0.25, 0.3) is 11.0 Å². The lowest BCUT2D eigenvalue weighted by molar-refractivity contribution is 0.0997. The maximum Gasteiger partial charge on any atom is 0.291 e. The fourth-order valence-corrected chi connectivity index (χ4v) is 5.23. The lowest BCUT2D eigenvalue weighted by Crippen LogP contribution is -2.39. The second-order valence-electron chi connectivity index (χ2n) is 7.56. The number of para-hydroxylation sites is 1. The minimum Gasteiger partial charge on any atom is -0.451 e. The summed E-state index contributed by atoms with van der Waals surface area (Å²) in [5, 5.41) is 3.03. The van der Waals surface area contributed by atoms with E-state index in [1.54, 1.807) is 24.3 Å². The Bertz CT molecular complexity index is 1250. The van der Waals surface area contributed by atoms with Crippen molar-refractivity contribution in [2.75, 3.05) is 18.4 Å². The molecule has 1 amide bonds. The first-order valence-corrected chi connectivity index (χ1v) is 11.2. The molecule has 8 heteroatoms. The van der Waals surface area contributed by atoms with E-state index in [1.165, 1.54) is 28.6 Å². The first-order chi connectivity index (χ1) is 14.3. The van der Waals surface area contributed by atoms with Crippen LogP contribution in [0.3, 0.4) is 0 Å². The lowest BCUT2D eigenvalue weighted by atomic mass is 10.0. The highest BCUT2D eigenvalue weighted by Gasteiger charge is 2.28. The fraction of sp³-hybridized carbons (Fsp3) is 0.273. The summed E-state index contributed by atoms with van der Waals surface area (Å²) in [7, 11) is -3.56. The summed E-state index contributed by atoms with van der Waals surface area (Å²) in [6, 6.07) is 13.8. The van der Waals surface area contributed by atoms with Crippen molar-refractivity contribution in [1.82, 2.24) is 4.31 Å². The number of carbonyl (C=O) groups excluding carboxylic acids is 1. The van der Waals surface area contributed by atoms with Crippen LogP contribution in [0.4, 0.5) is 5.69 Å². The third-order valence-electron chi connectivity index (χ3n) is 5.23. The number of benzene rings is 2. The molecule has 0 unspecified atom stereocenters. The van der Waals surface area contributed by atoms with Crippen molar-refractivity contribution in [3.8, 4) is 0 Å². The first kappa shape index (κ1) is 20.3. The van der Waals surface area contributed by atoms with Crippen LogP contribution in [-0.4, -0.2) is 31.7 Å². The number of anilines is 1. The Balaban J connectivity index is 1.52. The van der Waals surface area contributed by atoms with Gasteiger partial charge in [0.05, 0.1) is 10.3 Å². The van der Waals surface area contributed by atoms with Gasteiger partial charge in [0.25, 0.3) is 5.91 Å². The normalized spacial score (nSPS) is 17.7. The summed E-state index contributed by atoms with van der Waals surface area (Å²) in [6.45, 7) is 3.08. The Labute approximate surface area is 174 Å². The maximum atomic E-state index is 12.8. The molecule has 2 aromatic carbocycles. The average Bonchev–Trinajstić information content (AvgIpc) is 2.74. The highest BCUT2D eigenvalue weighted by Crippen LogP contribution is 2.24. The van der Waals surface area contributed by atoms with Gasteiger partial charge in [0.1, 0.15) is 5.58 Å². The number of nitrogens with one attached hydrogen (secondary N) is 1. The van der Waals surface area contributed by atoms with Gasteiger partial charge >= 0.3 is 0 Å². The Hall–Kier alpha value is -2.97. The molecule has 1 fully saturated rings. The van der Waals surface area contributed by atoms with E-state index in [9.17, 15) is 18.0 Å². The third kappa shape index (κ3) is 4.01. The molecule has 1 aromatic heterocycles. The topological polar surface area (TPSA) is 96.7 Å². The maximum absolute atomic E-state index is 12.8. The zero-order valence-corrected chi connectivity index (χ0v) is 17.3. The average molecular weight is 426 g/mol. The molecule has 1 atom stereocenters. The number of rotatable bonds is 4. The molecular formula is C22H22N2O5S. The number of fused-ring (bicyclic) bond motifs is 1. The van der Waals surface area contributed by atoms with E-state index in [4.69, 9.17) is 4.42 Å². The molecule has 0 spiro atoms. The van der Waals surface area contributed by atoms with Gasteiger partial charge < -0.3 is 9.73 Å². The smallest absolute Gasteiger partial charge is 0.291 e. The van der Waals surface area contributed by atoms with E-state index in [0.717, 1.165) is 18.9 Å². The van der Waals surface area contributed by atoms with Crippen molar-refractivity contribution in [1.29, 1.82) is 0 Å². The van der Waals surface area contributed by atoms with Crippen molar-refractivity contribution < 1.29 is 17.6 Å². The lowest BCUT2D eigenvalue weighted by Gasteiger charge is -2.30. The van der Waals surface area contributed by atoms with E-state index in [-0.39, 0.29) is 16.1 Å². The van der Waals surface area contributed by atoms with Crippen molar-refractivity contribution >= 4 is 32.6 Å². The zero-order chi connectivity index (χ0) is 21.3. The summed E-state index contributed by atoms with van der Waals surface area (Å²) in [5.74, 6) is -0.361. The standard InChI is InChI=1S/C22H22N2O5S/c1-15-5-4-12-24(14-15)30(27,28)17-10-8-16(9-11-17)23-22(26)21-13-19(25)18-6-2-3-7-20(18)29-21/h2-3,6-11,13,15H,4-5,12,14H2,1H3,(H,23,26)/t15-/m0/s1. The van der Waals surface area contributed by atoms with Crippen LogP contribution in [-0.2, 0) is 10.0 Å². The minimum atomic E-state index is -3.56. The molecule has 1 aliphatic rings. The first-order valence-electron chi connectivity index (χ1n) is 9.79. The number of amides is 1. The Kier molecular flexibility index (Phi) is 5.44. The number of nitrogens with zero attached hydrogens (tertiary/aromatic N) is 1. The second-order valence-corrected chi connectivity index (χ2v) is 9.50. The van der Waals surface area contributed by atoms with E-state index in [0.29, 0.717) is 35.7 Å². The van der Waals surface area contributed by atoms with E-state index in [2.05, 4.69) is 5.32 Å². The Morgan fingerprint density at radius 3 is 2.60 bits per heavy atom. The number of sulfonamides is 1. The van der Waals surface area contributed by atoms with Crippen molar-refractivity contribution in [2.45, 2.75) is 24.7 Å². The molecule has 0 bridgehead atoms. The fourth-order valence-electron chi connectivity index (χ4n) is 3.63. The molecule has 4 rings (SSSR count). The molecule has 0 aliphatic carbocycles. The van der Waals surface area contributed by atoms with Gasteiger partial charge in [-0.05, 0) is 55.2 Å². The molecule has 156 valence electrons. The molecule has 1 saturated heterocycles. The molecule has 3 aromatic rings. The summed E-state index contributed by atoms with van der Waals surface area (Å²) >= 11 is 0. The van der Waals surface area contributed by atoms with Crippen LogP contribution in [0.15, 0.2) is 68.7 Å². The molecule has 0 radical (unpaired) electrons. The van der Waals surface area contributed by atoms with E-state index < -0.39 is 15.9 Å². The van der Waals surface area contributed by atoms with Crippen molar-refractivity contribution in [3.63, 3.8) is 0 Å². The molecule has 2 heterocycles. The van der Waals surface area contributed by atoms with Gasteiger partial charge in [0.2, 0.25) is 10.0 Å². The summed E-state index contributed by atoms with van der Waals surface area (Å²) in [5.41, 5.74) is 0.424. The molecule has 0 saturated carbocycles. The summed E-state index contributed by atoms with van der Waals surface area (Å²) in [4.78, 5) is 24.9. The third-order valence-corrected chi connectivity index (χ3v) is 7.11. The van der Waals surface area contributed by atoms with Gasteiger partial charge in [0, 0.05) is 24.8 Å². The molecule has 7 nitrogen and oxygen atoms in total. The van der Waals surface area contributed by atoms with E-state index >= 15 is 0 Å². The predicted octanol–water partition coefficient (Wildman–Crippen LogP) is 3.47. The molecule has 1 N–H and O–H groups in total. The van der Waals surface area contributed by atoms with Gasteiger partial charge in [-0.3, -0.25) is 9.59 Å². The Morgan fingerprint density at radius 1 is 1.13 bits per heavy atom. The van der Waals surface area contributed by atoms with Crippen LogP contribution in [0.2, 0.25) is 0 Å². The van der Waals surface area contributed by atoms with Crippen LogP contribution < -0.4 is 10.7 Å². The quantitative estimate of drug-likeness (QED) is 0.689. The monoisotopic (exact) mass is 426 g/mol. The van der Waals surface area contributed by atoms with Gasteiger partial charge in [-0.15, -0.1) is 0 Å². The summed E-state index contributed by atoms with van der Waals surface area (Å²) < 4.78 is 32.7. The highest BCUT2D eigenvalue weighted by atomic mass is 32.2. The minimum absolute atomic E-state index is 0.113. The van der Waals surface area contributed by atoms with Gasteiger partial charge in [-0.1, -0.05) is 19.1 Å². The zero-order valence-electron chi connectivity index (χ0n) is 16.5. The molecule has 1 aliphatic heterocycles. The largest absolute Gasteiger partial charge is 0.451 e. The molecular weight excluding hydrogens is 404 g/mol. The SMILES string of the molecule is C[C@H]1CCCN(S(=O)(=O)c2ccc(NC(=O)c3cc(=O)c4ccccc4o3)cc2)C1. The van der Waals surface area contributed by atoms with Gasteiger partial charge in [-0.2, -0.15) is 4.31 Å². The Morgan fingerprint density at radius 2 is 1.87 bits per heavy atom. The second kappa shape index (κ2) is 8.04. The van der Waals surface area contributed by atoms with Gasteiger partial charge in [0.15, 0.2) is 11.2 Å². The summed E-state index contributed by atoms with van der Waals surface area (Å²) in [6.07, 6.45) is 1.88. The predicted molar refractivity (Wildman–Crippen MR) is 114 cm³/mol. The van der Waals surface area contributed by atoms with Crippen molar-refractivity contribution in [2.24, 2.45) is 5.92 Å². The number of carbonyl (C=O) groups is 1. The van der Waals surface area contributed by atoms with Crippen LogP contribution >= 0.6 is 0 Å². The number of hydrogen-bond donors (Lipinski definition) is 1. The number of piperidine rings is 1. The van der Waals surface area contributed by atoms with Gasteiger partial charge in [-0.25, -0.2) is 8.42 Å². The van der Waals surface area contributed by atoms with Crippen molar-refractivity contribution in [3.05, 3.63) is 70.6 Å². The number of hydrogen-bond acceptors (Lipinski definition) is 5. The van der Waals surface area contributed by atoms with Crippen LogP contribution in [0, 0.1) is 5.92 Å². The molecule has 30 heavy (non-hydrogen) atoms. The van der Waals surface area contributed by atoms with Crippen LogP contribution in [0.1, 0.15) is 30.3 Å².